The predicted molar refractivity (Wildman–Crippen MR) is 141 cm³/mol. The van der Waals surface area contributed by atoms with Crippen LogP contribution >= 0.6 is 46.4 Å². The molecule has 180 valence electrons. The van der Waals surface area contributed by atoms with Crippen molar-refractivity contribution in [1.82, 2.24) is 10.3 Å². The van der Waals surface area contributed by atoms with E-state index in [2.05, 4.69) is 10.3 Å². The number of benzene rings is 3. The number of amides is 1. The van der Waals surface area contributed by atoms with Crippen LogP contribution in [0.5, 0.6) is 0 Å². The summed E-state index contributed by atoms with van der Waals surface area (Å²) in [5.41, 5.74) is 2.60. The van der Waals surface area contributed by atoms with Gasteiger partial charge in [-0.2, -0.15) is 5.26 Å². The molecule has 1 amide bonds. The quantitative estimate of drug-likeness (QED) is 0.270. The van der Waals surface area contributed by atoms with Crippen molar-refractivity contribution in [1.29, 1.82) is 5.26 Å². The van der Waals surface area contributed by atoms with Gasteiger partial charge in [0.05, 0.1) is 42.8 Å². The minimum Gasteiger partial charge on any atom is -0.480 e. The first-order valence-corrected chi connectivity index (χ1v) is 12.0. The number of nitriles is 1. The largest absolute Gasteiger partial charge is 0.480 e. The number of hydrogen-bond donors (Lipinski definition) is 2. The highest BCUT2D eigenvalue weighted by Gasteiger charge is 2.25. The van der Waals surface area contributed by atoms with Gasteiger partial charge in [0.2, 0.25) is 0 Å². The molecule has 0 aliphatic rings. The van der Waals surface area contributed by atoms with Crippen LogP contribution in [0.3, 0.4) is 0 Å². The van der Waals surface area contributed by atoms with Crippen LogP contribution < -0.4 is 5.32 Å². The molecule has 2 N–H and O–H groups in total. The number of fused-ring (bicyclic) bond motifs is 1. The molecule has 0 aliphatic heterocycles. The number of aromatic nitrogens is 1. The van der Waals surface area contributed by atoms with E-state index < -0.39 is 17.9 Å². The van der Waals surface area contributed by atoms with Gasteiger partial charge >= 0.3 is 5.97 Å². The number of carboxylic acid groups (broad SMARTS) is 1. The Morgan fingerprint density at radius 1 is 0.972 bits per heavy atom. The average molecular weight is 559 g/mol. The van der Waals surface area contributed by atoms with Crippen LogP contribution in [0.1, 0.15) is 21.5 Å². The Kier molecular flexibility index (Phi) is 7.67. The van der Waals surface area contributed by atoms with Crippen LogP contribution in [0.4, 0.5) is 0 Å². The van der Waals surface area contributed by atoms with Gasteiger partial charge in [0.25, 0.3) is 5.91 Å². The average Bonchev–Trinajstić information content (AvgIpc) is 2.84. The number of carboxylic acids is 1. The Bertz CT molecular complexity index is 1520. The van der Waals surface area contributed by atoms with Crippen molar-refractivity contribution < 1.29 is 14.7 Å². The maximum Gasteiger partial charge on any atom is 0.326 e. The van der Waals surface area contributed by atoms with Crippen molar-refractivity contribution >= 4 is 69.2 Å². The van der Waals surface area contributed by atoms with Gasteiger partial charge < -0.3 is 10.4 Å². The lowest BCUT2D eigenvalue weighted by Gasteiger charge is -2.18. The first-order valence-electron chi connectivity index (χ1n) is 10.4. The first kappa shape index (κ1) is 25.7. The Morgan fingerprint density at radius 2 is 1.64 bits per heavy atom. The highest BCUT2D eigenvalue weighted by atomic mass is 35.5. The number of pyridine rings is 1. The summed E-state index contributed by atoms with van der Waals surface area (Å²) in [5, 5.41) is 23.0. The minimum atomic E-state index is -1.28. The number of halogens is 4. The third-order valence-corrected chi connectivity index (χ3v) is 6.74. The Hall–Kier alpha value is -3.34. The summed E-state index contributed by atoms with van der Waals surface area (Å²) in [4.78, 5) is 29.3. The second kappa shape index (κ2) is 10.7. The summed E-state index contributed by atoms with van der Waals surface area (Å²) in [7, 11) is 0. The van der Waals surface area contributed by atoms with Gasteiger partial charge in [0.15, 0.2) is 0 Å². The van der Waals surface area contributed by atoms with Gasteiger partial charge in [0, 0.05) is 29.1 Å². The fourth-order valence-electron chi connectivity index (χ4n) is 3.87. The molecule has 3 aromatic carbocycles. The van der Waals surface area contributed by atoms with Crippen LogP contribution in [-0.2, 0) is 11.2 Å². The maximum absolute atomic E-state index is 12.8. The van der Waals surface area contributed by atoms with Gasteiger partial charge in [-0.15, -0.1) is 0 Å². The van der Waals surface area contributed by atoms with Crippen LogP contribution in [0, 0.1) is 11.3 Å². The van der Waals surface area contributed by atoms with E-state index in [0.29, 0.717) is 33.2 Å². The highest BCUT2D eigenvalue weighted by Crippen LogP contribution is 2.39. The molecular weight excluding hydrogens is 544 g/mol. The van der Waals surface area contributed by atoms with Crippen LogP contribution in [0.15, 0.2) is 60.8 Å². The third-order valence-electron chi connectivity index (χ3n) is 5.52. The van der Waals surface area contributed by atoms with Crippen molar-refractivity contribution in [2.75, 3.05) is 0 Å². The van der Waals surface area contributed by atoms with E-state index in [1.165, 1.54) is 24.3 Å². The van der Waals surface area contributed by atoms with Gasteiger partial charge in [-0.3, -0.25) is 9.78 Å². The molecule has 1 atom stereocenters. The van der Waals surface area contributed by atoms with Crippen LogP contribution in [0.2, 0.25) is 20.1 Å². The summed E-state index contributed by atoms with van der Waals surface area (Å²) in [6.07, 6.45) is 1.55. The topological polar surface area (TPSA) is 103 Å². The fraction of sp³-hybridized carbons (Fsp3) is 0.0769. The molecule has 0 aliphatic carbocycles. The number of aliphatic carboxylic acids is 1. The molecule has 0 bridgehead atoms. The molecular formula is C26H15Cl4N3O3. The summed E-state index contributed by atoms with van der Waals surface area (Å²) >= 11 is 25.1. The monoisotopic (exact) mass is 557 g/mol. The van der Waals surface area contributed by atoms with Crippen molar-refractivity contribution in [3.63, 3.8) is 0 Å². The number of hydrogen-bond acceptors (Lipinski definition) is 4. The highest BCUT2D eigenvalue weighted by molar-refractivity contribution is 6.40. The molecule has 4 aromatic rings. The molecule has 0 saturated heterocycles. The second-order valence-electron chi connectivity index (χ2n) is 7.76. The molecule has 6 nitrogen and oxygen atoms in total. The van der Waals surface area contributed by atoms with Gasteiger partial charge in [-0.1, -0.05) is 70.7 Å². The van der Waals surface area contributed by atoms with E-state index in [0.717, 1.165) is 0 Å². The molecule has 0 spiro atoms. The van der Waals surface area contributed by atoms with E-state index in [4.69, 9.17) is 46.4 Å². The molecule has 0 saturated carbocycles. The maximum atomic E-state index is 12.8. The van der Waals surface area contributed by atoms with Crippen molar-refractivity contribution in [2.45, 2.75) is 12.5 Å². The summed E-state index contributed by atoms with van der Waals surface area (Å²) in [5.74, 6) is -1.93. The van der Waals surface area contributed by atoms with Gasteiger partial charge in [0.1, 0.15) is 6.04 Å². The van der Waals surface area contributed by atoms with E-state index in [1.807, 2.05) is 6.07 Å². The van der Waals surface area contributed by atoms with Crippen molar-refractivity contribution in [3.05, 3.63) is 97.6 Å². The number of nitrogens with zero attached hydrogens (tertiary/aromatic N) is 2. The molecule has 0 fully saturated rings. The summed E-state index contributed by atoms with van der Waals surface area (Å²) in [6, 6.07) is 15.3. The minimum absolute atomic E-state index is 0.000874. The van der Waals surface area contributed by atoms with Crippen molar-refractivity contribution in [2.24, 2.45) is 0 Å². The predicted octanol–water partition coefficient (Wildman–Crippen LogP) is 6.81. The lowest BCUT2D eigenvalue weighted by Crippen LogP contribution is -2.42. The molecule has 1 aromatic heterocycles. The summed E-state index contributed by atoms with van der Waals surface area (Å²) in [6.45, 7) is 0. The summed E-state index contributed by atoms with van der Waals surface area (Å²) < 4.78 is 0. The molecule has 4 rings (SSSR count). The van der Waals surface area contributed by atoms with E-state index in [-0.39, 0.29) is 32.1 Å². The van der Waals surface area contributed by atoms with Crippen LogP contribution in [0.25, 0.3) is 22.0 Å². The van der Waals surface area contributed by atoms with E-state index in [1.54, 1.807) is 36.5 Å². The SMILES string of the molecule is N#Cc1cc(Cl)c(-c2ccc(C[C@H](NC(=O)c3c(Cl)cccc3Cl)C(=O)O)c3cccnc23)c(Cl)c1. The zero-order valence-electron chi connectivity index (χ0n) is 18.2. The number of carbonyl (C=O) groups excluding carboxylic acids is 1. The molecule has 1 heterocycles. The van der Waals surface area contributed by atoms with Crippen molar-refractivity contribution in [3.8, 4) is 17.2 Å². The lowest BCUT2D eigenvalue weighted by atomic mass is 9.94. The van der Waals surface area contributed by atoms with E-state index >= 15 is 0 Å². The molecule has 10 heteroatoms. The third kappa shape index (κ3) is 5.11. The van der Waals surface area contributed by atoms with Crippen LogP contribution in [-0.4, -0.2) is 28.0 Å². The Balaban J connectivity index is 1.74. The van der Waals surface area contributed by atoms with E-state index in [9.17, 15) is 20.0 Å². The number of carbonyl (C=O) groups is 2. The van der Waals surface area contributed by atoms with Gasteiger partial charge in [-0.05, 0) is 35.9 Å². The Labute approximate surface area is 226 Å². The lowest BCUT2D eigenvalue weighted by molar-refractivity contribution is -0.139. The fourth-order valence-corrected chi connectivity index (χ4v) is 5.13. The smallest absolute Gasteiger partial charge is 0.326 e. The second-order valence-corrected chi connectivity index (χ2v) is 9.39. The zero-order valence-corrected chi connectivity index (χ0v) is 21.3. The molecule has 36 heavy (non-hydrogen) atoms. The number of nitrogens with one attached hydrogen (secondary N) is 1. The molecule has 0 radical (unpaired) electrons. The molecule has 0 unspecified atom stereocenters. The zero-order chi connectivity index (χ0) is 26.0. The first-order chi connectivity index (χ1) is 17.2. The Morgan fingerprint density at radius 3 is 2.25 bits per heavy atom. The number of rotatable bonds is 6. The van der Waals surface area contributed by atoms with Gasteiger partial charge in [-0.25, -0.2) is 4.79 Å². The standard InChI is InChI=1S/C26H15Cl4N3O3/c27-17-4-1-5-18(28)23(17)25(34)33-21(26(35)36)11-14-6-7-16(24-15(14)3-2-8-32-24)22-19(29)9-13(12-31)10-20(22)30/h1-10,21H,11H2,(H,33,34)(H,35,36)/t21-/m0/s1. The normalized spacial score (nSPS) is 11.6.